The van der Waals surface area contributed by atoms with Crippen molar-refractivity contribution in [3.8, 4) is 0 Å². The smallest absolute Gasteiger partial charge is 0.243 e. The van der Waals surface area contributed by atoms with Crippen molar-refractivity contribution in [1.82, 2.24) is 10.2 Å². The molecule has 3 aromatic rings. The van der Waals surface area contributed by atoms with Crippen LogP contribution < -0.4 is 5.32 Å². The molecule has 0 radical (unpaired) electrons. The number of nitrogens with one attached hydrogen (secondary N) is 1. The Morgan fingerprint density at radius 2 is 1.59 bits per heavy atom. The van der Waals surface area contributed by atoms with E-state index in [1.807, 2.05) is 56.3 Å². The van der Waals surface area contributed by atoms with Crippen LogP contribution in [0.1, 0.15) is 30.5 Å². The summed E-state index contributed by atoms with van der Waals surface area (Å²) in [5, 5.41) is 4.92. The maximum Gasteiger partial charge on any atom is 0.243 e. The number of amides is 2. The van der Waals surface area contributed by atoms with Gasteiger partial charge in [-0.3, -0.25) is 9.59 Å². The number of nitrogens with zero attached hydrogens (tertiary/aromatic N) is 1. The fourth-order valence-corrected chi connectivity index (χ4v) is 5.53. The lowest BCUT2D eigenvalue weighted by Crippen LogP contribution is -2.52. The molecule has 0 heterocycles. The number of halogens is 4. The van der Waals surface area contributed by atoms with Crippen LogP contribution in [-0.4, -0.2) is 34.6 Å². The molecule has 0 aromatic heterocycles. The second-order valence-corrected chi connectivity index (χ2v) is 11.5. The molecule has 37 heavy (non-hydrogen) atoms. The summed E-state index contributed by atoms with van der Waals surface area (Å²) in [4.78, 5) is 28.7. The number of carbonyl (C=O) groups is 2. The van der Waals surface area contributed by atoms with Crippen LogP contribution in [0.4, 0.5) is 0 Å². The maximum absolute atomic E-state index is 13.7. The molecule has 0 aliphatic carbocycles. The first-order chi connectivity index (χ1) is 17.6. The van der Waals surface area contributed by atoms with Crippen LogP contribution in [0.25, 0.3) is 0 Å². The minimum atomic E-state index is -0.716. The van der Waals surface area contributed by atoms with Gasteiger partial charge in [0.2, 0.25) is 11.8 Å². The fourth-order valence-electron chi connectivity index (χ4n) is 3.74. The normalized spacial score (nSPS) is 11.9. The summed E-state index contributed by atoms with van der Waals surface area (Å²) in [6.07, 6.45) is 0.375. The Morgan fingerprint density at radius 1 is 0.865 bits per heavy atom. The average Bonchev–Trinajstić information content (AvgIpc) is 2.85. The number of thioether (sulfide) groups is 1. The molecule has 0 saturated heterocycles. The van der Waals surface area contributed by atoms with Crippen LogP contribution in [0.2, 0.25) is 20.1 Å². The molecule has 0 aliphatic rings. The van der Waals surface area contributed by atoms with Gasteiger partial charge < -0.3 is 10.2 Å². The largest absolute Gasteiger partial charge is 0.352 e. The van der Waals surface area contributed by atoms with E-state index in [0.29, 0.717) is 32.3 Å². The number of benzene rings is 3. The third-order valence-electron chi connectivity index (χ3n) is 5.54. The van der Waals surface area contributed by atoms with Gasteiger partial charge in [-0.25, -0.2) is 0 Å². The lowest BCUT2D eigenvalue weighted by Gasteiger charge is -2.32. The first-order valence-corrected chi connectivity index (χ1v) is 14.4. The van der Waals surface area contributed by atoms with E-state index >= 15 is 0 Å². The van der Waals surface area contributed by atoms with Crippen molar-refractivity contribution >= 4 is 70.0 Å². The van der Waals surface area contributed by atoms with Gasteiger partial charge in [-0.1, -0.05) is 88.9 Å². The second kappa shape index (κ2) is 14.3. The molecular formula is C28H28Cl4N2O2S. The molecule has 0 saturated carbocycles. The minimum absolute atomic E-state index is 0.0749. The van der Waals surface area contributed by atoms with Gasteiger partial charge in [-0.15, -0.1) is 11.8 Å². The first kappa shape index (κ1) is 29.7. The lowest BCUT2D eigenvalue weighted by molar-refractivity contribution is -0.139. The van der Waals surface area contributed by atoms with Crippen LogP contribution in [0.3, 0.4) is 0 Å². The van der Waals surface area contributed by atoms with Crippen LogP contribution in [0.5, 0.6) is 0 Å². The third kappa shape index (κ3) is 9.12. The number of hydrogen-bond donors (Lipinski definition) is 1. The predicted octanol–water partition coefficient (Wildman–Crippen LogP) is 7.70. The molecule has 0 unspecified atom stereocenters. The monoisotopic (exact) mass is 596 g/mol. The van der Waals surface area contributed by atoms with Crippen molar-refractivity contribution in [3.63, 3.8) is 0 Å². The molecular weight excluding hydrogens is 570 g/mol. The third-order valence-corrected chi connectivity index (χ3v) is 7.83. The summed E-state index contributed by atoms with van der Waals surface area (Å²) in [5.74, 6) is 0.323. The zero-order valence-corrected chi connectivity index (χ0v) is 24.4. The van der Waals surface area contributed by atoms with E-state index in [9.17, 15) is 9.59 Å². The van der Waals surface area contributed by atoms with Gasteiger partial charge >= 0.3 is 0 Å². The highest BCUT2D eigenvalue weighted by Gasteiger charge is 2.30. The topological polar surface area (TPSA) is 49.4 Å². The Labute approximate surface area is 242 Å². The van der Waals surface area contributed by atoms with Gasteiger partial charge in [0.15, 0.2) is 0 Å². The van der Waals surface area contributed by atoms with Crippen molar-refractivity contribution in [2.24, 2.45) is 0 Å². The summed E-state index contributed by atoms with van der Waals surface area (Å²) in [5.41, 5.74) is 2.63. The van der Waals surface area contributed by atoms with E-state index < -0.39 is 6.04 Å². The molecule has 9 heteroatoms. The zero-order chi connectivity index (χ0) is 26.9. The molecule has 4 nitrogen and oxygen atoms in total. The highest BCUT2D eigenvalue weighted by Crippen LogP contribution is 2.27. The predicted molar refractivity (Wildman–Crippen MR) is 157 cm³/mol. The molecule has 0 aliphatic heterocycles. The lowest BCUT2D eigenvalue weighted by atomic mass is 10.0. The summed E-state index contributed by atoms with van der Waals surface area (Å²) >= 11 is 26.1. The fraction of sp³-hybridized carbons (Fsp3) is 0.286. The van der Waals surface area contributed by atoms with Crippen molar-refractivity contribution in [3.05, 3.63) is 104 Å². The quantitative estimate of drug-likeness (QED) is 0.246. The van der Waals surface area contributed by atoms with Crippen LogP contribution in [-0.2, 0) is 28.3 Å². The molecule has 1 atom stereocenters. The van der Waals surface area contributed by atoms with Gasteiger partial charge in [0, 0.05) is 34.8 Å². The van der Waals surface area contributed by atoms with Crippen molar-refractivity contribution in [2.75, 3.05) is 5.75 Å². The Morgan fingerprint density at radius 3 is 2.24 bits per heavy atom. The Bertz CT molecular complexity index is 1220. The van der Waals surface area contributed by atoms with Crippen molar-refractivity contribution < 1.29 is 9.59 Å². The number of carbonyl (C=O) groups excluding carboxylic acids is 2. The highest BCUT2D eigenvalue weighted by atomic mass is 35.5. The van der Waals surface area contributed by atoms with E-state index in [1.165, 1.54) is 11.8 Å². The van der Waals surface area contributed by atoms with E-state index in [2.05, 4.69) is 5.32 Å². The van der Waals surface area contributed by atoms with Crippen LogP contribution in [0.15, 0.2) is 66.7 Å². The Hall–Kier alpha value is -1.89. The van der Waals surface area contributed by atoms with E-state index in [4.69, 9.17) is 46.4 Å². The van der Waals surface area contributed by atoms with Crippen LogP contribution >= 0.6 is 58.2 Å². The molecule has 0 fully saturated rings. The van der Waals surface area contributed by atoms with E-state index in [0.717, 1.165) is 16.7 Å². The van der Waals surface area contributed by atoms with Gasteiger partial charge in [0.05, 0.1) is 15.8 Å². The van der Waals surface area contributed by atoms with Crippen molar-refractivity contribution in [2.45, 2.75) is 44.6 Å². The highest BCUT2D eigenvalue weighted by molar-refractivity contribution is 7.99. The molecule has 1 N–H and O–H groups in total. The zero-order valence-electron chi connectivity index (χ0n) is 20.5. The van der Waals surface area contributed by atoms with Gasteiger partial charge in [-0.2, -0.15) is 0 Å². The summed E-state index contributed by atoms with van der Waals surface area (Å²) in [7, 11) is 0. The molecule has 3 aromatic carbocycles. The van der Waals surface area contributed by atoms with E-state index in [-0.39, 0.29) is 30.2 Å². The summed E-state index contributed by atoms with van der Waals surface area (Å²) in [6, 6.07) is 19.4. The molecule has 0 spiro atoms. The summed E-state index contributed by atoms with van der Waals surface area (Å²) < 4.78 is 0. The first-order valence-electron chi connectivity index (χ1n) is 11.7. The maximum atomic E-state index is 13.7. The van der Waals surface area contributed by atoms with Gasteiger partial charge in [-0.05, 0) is 54.8 Å². The molecule has 3 rings (SSSR count). The Balaban J connectivity index is 1.87. The summed E-state index contributed by atoms with van der Waals surface area (Å²) in [6.45, 7) is 4.00. The molecule has 0 bridgehead atoms. The number of rotatable bonds is 11. The molecule has 196 valence electrons. The van der Waals surface area contributed by atoms with Crippen LogP contribution in [0, 0.1) is 0 Å². The second-order valence-electron chi connectivity index (χ2n) is 8.87. The van der Waals surface area contributed by atoms with E-state index in [1.54, 1.807) is 29.2 Å². The van der Waals surface area contributed by atoms with Gasteiger partial charge in [0.25, 0.3) is 0 Å². The van der Waals surface area contributed by atoms with Gasteiger partial charge in [0.1, 0.15) is 6.04 Å². The standard InChI is InChI=1S/C28H28Cl4N2O2S/c1-18(2)33-28(36)26(13-19-6-4-3-5-7-19)34(15-20-8-11-23(30)25(32)12-20)27(35)17-37-16-21-9-10-22(29)14-24(21)31/h3-12,14,18,26H,13,15-17H2,1-2H3,(H,33,36)/t26-/m0/s1. The van der Waals surface area contributed by atoms with Crippen molar-refractivity contribution in [1.29, 1.82) is 0 Å². The Kier molecular flexibility index (Phi) is 11.5. The SMILES string of the molecule is CC(C)NC(=O)[C@H](Cc1ccccc1)N(Cc1ccc(Cl)c(Cl)c1)C(=O)CSCc1ccc(Cl)cc1Cl. The minimum Gasteiger partial charge on any atom is -0.352 e. The number of hydrogen-bond acceptors (Lipinski definition) is 3. The average molecular weight is 598 g/mol. The molecule has 2 amide bonds.